The lowest BCUT2D eigenvalue weighted by molar-refractivity contribution is 0.0953. The minimum Gasteiger partial charge on any atom is -0.363 e. The number of nitrogens with one attached hydrogen (secondary N) is 2. The SMILES string of the molecule is CN(C)c1ccc(C(=O)NCCc2nc3ccccc3[nH]2)cn1. The normalized spacial score (nSPS) is 10.7. The molecule has 0 aliphatic heterocycles. The van der Waals surface area contributed by atoms with Crippen LogP contribution < -0.4 is 10.2 Å². The Morgan fingerprint density at radius 3 is 2.74 bits per heavy atom. The Balaban J connectivity index is 1.56. The van der Waals surface area contributed by atoms with Crippen LogP contribution in [-0.2, 0) is 6.42 Å². The van der Waals surface area contributed by atoms with Crippen LogP contribution in [-0.4, -0.2) is 41.5 Å². The van der Waals surface area contributed by atoms with E-state index in [1.807, 2.05) is 49.3 Å². The zero-order valence-corrected chi connectivity index (χ0v) is 13.2. The van der Waals surface area contributed by atoms with Gasteiger partial charge in [-0.3, -0.25) is 4.79 Å². The van der Waals surface area contributed by atoms with Gasteiger partial charge in [-0.25, -0.2) is 9.97 Å². The van der Waals surface area contributed by atoms with Crippen molar-refractivity contribution in [2.24, 2.45) is 0 Å². The van der Waals surface area contributed by atoms with Crippen molar-refractivity contribution in [2.45, 2.75) is 6.42 Å². The van der Waals surface area contributed by atoms with Crippen LogP contribution in [0.4, 0.5) is 5.82 Å². The van der Waals surface area contributed by atoms with Crippen molar-refractivity contribution >= 4 is 22.8 Å². The van der Waals surface area contributed by atoms with Crippen LogP contribution in [0.15, 0.2) is 42.6 Å². The van der Waals surface area contributed by atoms with Gasteiger partial charge in [0.25, 0.3) is 5.91 Å². The van der Waals surface area contributed by atoms with Crippen molar-refractivity contribution in [3.05, 3.63) is 54.0 Å². The number of benzene rings is 1. The number of aromatic amines is 1. The molecule has 1 amide bonds. The molecule has 0 bridgehead atoms. The lowest BCUT2D eigenvalue weighted by Gasteiger charge is -2.11. The van der Waals surface area contributed by atoms with Gasteiger partial charge >= 0.3 is 0 Å². The number of hydrogen-bond acceptors (Lipinski definition) is 4. The topological polar surface area (TPSA) is 73.9 Å². The minimum absolute atomic E-state index is 0.126. The quantitative estimate of drug-likeness (QED) is 0.756. The maximum Gasteiger partial charge on any atom is 0.252 e. The number of imidazole rings is 1. The van der Waals surface area contributed by atoms with E-state index in [2.05, 4.69) is 20.3 Å². The van der Waals surface area contributed by atoms with Crippen LogP contribution in [0.1, 0.15) is 16.2 Å². The Hall–Kier alpha value is -2.89. The standard InChI is InChI=1S/C17H19N5O/c1-22(2)16-8-7-12(11-19-16)17(23)18-10-9-15-20-13-5-3-4-6-14(13)21-15/h3-8,11H,9-10H2,1-2H3,(H,18,23)(H,20,21). The Morgan fingerprint density at radius 1 is 1.22 bits per heavy atom. The monoisotopic (exact) mass is 309 g/mol. The molecule has 0 fully saturated rings. The van der Waals surface area contributed by atoms with Gasteiger partial charge in [-0.1, -0.05) is 12.1 Å². The second-order valence-corrected chi connectivity index (χ2v) is 5.51. The summed E-state index contributed by atoms with van der Waals surface area (Å²) in [5.41, 5.74) is 2.51. The van der Waals surface area contributed by atoms with Gasteiger partial charge in [-0.2, -0.15) is 0 Å². The first-order valence-corrected chi connectivity index (χ1v) is 7.48. The lowest BCUT2D eigenvalue weighted by atomic mass is 10.2. The fourth-order valence-corrected chi connectivity index (χ4v) is 2.31. The number of H-pyrrole nitrogens is 1. The van der Waals surface area contributed by atoms with E-state index in [9.17, 15) is 4.79 Å². The molecule has 3 aromatic rings. The van der Waals surface area contributed by atoms with E-state index in [1.54, 1.807) is 12.3 Å². The third-order valence-corrected chi connectivity index (χ3v) is 3.55. The van der Waals surface area contributed by atoms with Gasteiger partial charge < -0.3 is 15.2 Å². The molecule has 1 aromatic carbocycles. The van der Waals surface area contributed by atoms with Crippen molar-refractivity contribution in [3.63, 3.8) is 0 Å². The van der Waals surface area contributed by atoms with Gasteiger partial charge in [0.05, 0.1) is 16.6 Å². The van der Waals surface area contributed by atoms with Crippen molar-refractivity contribution in [3.8, 4) is 0 Å². The van der Waals surface area contributed by atoms with E-state index in [1.165, 1.54) is 0 Å². The average Bonchev–Trinajstić information content (AvgIpc) is 2.97. The summed E-state index contributed by atoms with van der Waals surface area (Å²) in [5, 5.41) is 2.89. The van der Waals surface area contributed by atoms with Crippen molar-refractivity contribution < 1.29 is 4.79 Å². The highest BCUT2D eigenvalue weighted by atomic mass is 16.1. The number of fused-ring (bicyclic) bond motifs is 1. The summed E-state index contributed by atoms with van der Waals surface area (Å²) in [6.07, 6.45) is 2.25. The highest BCUT2D eigenvalue weighted by Crippen LogP contribution is 2.10. The van der Waals surface area contributed by atoms with Gasteiger partial charge in [0, 0.05) is 33.3 Å². The molecule has 0 radical (unpaired) electrons. The Kier molecular flexibility index (Phi) is 4.23. The summed E-state index contributed by atoms with van der Waals surface area (Å²) < 4.78 is 0. The second-order valence-electron chi connectivity index (χ2n) is 5.51. The van der Waals surface area contributed by atoms with E-state index in [-0.39, 0.29) is 5.91 Å². The molecule has 0 spiro atoms. The first kappa shape index (κ1) is 15.0. The number of rotatable bonds is 5. The van der Waals surface area contributed by atoms with Crippen molar-refractivity contribution in [2.75, 3.05) is 25.5 Å². The Labute approximate surface area is 134 Å². The molecule has 0 aliphatic rings. The fraction of sp³-hybridized carbons (Fsp3) is 0.235. The number of carbonyl (C=O) groups is 1. The van der Waals surface area contributed by atoms with E-state index < -0.39 is 0 Å². The number of amides is 1. The number of nitrogens with zero attached hydrogens (tertiary/aromatic N) is 3. The molecule has 23 heavy (non-hydrogen) atoms. The third-order valence-electron chi connectivity index (χ3n) is 3.55. The zero-order chi connectivity index (χ0) is 16.2. The van der Waals surface area contributed by atoms with Crippen LogP contribution in [0.2, 0.25) is 0 Å². The number of anilines is 1. The van der Waals surface area contributed by atoms with Crippen molar-refractivity contribution in [1.82, 2.24) is 20.3 Å². The Morgan fingerprint density at radius 2 is 2.04 bits per heavy atom. The van der Waals surface area contributed by atoms with E-state index >= 15 is 0 Å². The summed E-state index contributed by atoms with van der Waals surface area (Å²) >= 11 is 0. The summed E-state index contributed by atoms with van der Waals surface area (Å²) in [6.45, 7) is 0.522. The fourth-order valence-electron chi connectivity index (χ4n) is 2.31. The average molecular weight is 309 g/mol. The predicted octanol–water partition coefficient (Wildman–Crippen LogP) is 2.00. The van der Waals surface area contributed by atoms with Gasteiger partial charge in [0.2, 0.25) is 0 Å². The molecule has 0 unspecified atom stereocenters. The summed E-state index contributed by atoms with van der Waals surface area (Å²) in [6, 6.07) is 11.5. The molecule has 0 aliphatic carbocycles. The molecule has 2 N–H and O–H groups in total. The molecule has 2 heterocycles. The van der Waals surface area contributed by atoms with E-state index in [0.29, 0.717) is 18.5 Å². The van der Waals surface area contributed by atoms with Crippen LogP contribution in [0, 0.1) is 0 Å². The maximum absolute atomic E-state index is 12.1. The summed E-state index contributed by atoms with van der Waals surface area (Å²) in [4.78, 5) is 26.0. The largest absolute Gasteiger partial charge is 0.363 e. The maximum atomic E-state index is 12.1. The Bertz CT molecular complexity index is 774. The molecule has 6 heteroatoms. The zero-order valence-electron chi connectivity index (χ0n) is 13.2. The molecule has 6 nitrogen and oxygen atoms in total. The molecule has 3 rings (SSSR count). The highest BCUT2D eigenvalue weighted by Gasteiger charge is 2.07. The first-order chi connectivity index (χ1) is 11.1. The predicted molar refractivity (Wildman–Crippen MR) is 90.7 cm³/mol. The van der Waals surface area contributed by atoms with E-state index in [0.717, 1.165) is 22.7 Å². The number of hydrogen-bond donors (Lipinski definition) is 2. The van der Waals surface area contributed by atoms with Gasteiger partial charge in [-0.05, 0) is 24.3 Å². The smallest absolute Gasteiger partial charge is 0.252 e. The summed E-state index contributed by atoms with van der Waals surface area (Å²) in [5.74, 6) is 1.57. The second kappa shape index (κ2) is 6.48. The molecule has 0 saturated carbocycles. The third kappa shape index (κ3) is 3.48. The van der Waals surface area contributed by atoms with Gasteiger partial charge in [0.15, 0.2) is 0 Å². The van der Waals surface area contributed by atoms with Crippen LogP contribution in [0.5, 0.6) is 0 Å². The van der Waals surface area contributed by atoms with Crippen LogP contribution in [0.3, 0.4) is 0 Å². The van der Waals surface area contributed by atoms with Gasteiger partial charge in [-0.15, -0.1) is 0 Å². The van der Waals surface area contributed by atoms with Gasteiger partial charge in [0.1, 0.15) is 11.6 Å². The molecule has 118 valence electrons. The number of para-hydroxylation sites is 2. The van der Waals surface area contributed by atoms with Crippen LogP contribution in [0.25, 0.3) is 11.0 Å². The van der Waals surface area contributed by atoms with E-state index in [4.69, 9.17) is 0 Å². The highest BCUT2D eigenvalue weighted by molar-refractivity contribution is 5.94. The molecular weight excluding hydrogens is 290 g/mol. The summed E-state index contributed by atoms with van der Waals surface area (Å²) in [7, 11) is 3.82. The molecular formula is C17H19N5O. The number of carbonyl (C=O) groups excluding carboxylic acids is 1. The lowest BCUT2D eigenvalue weighted by Crippen LogP contribution is -2.26. The molecule has 0 atom stereocenters. The number of pyridine rings is 1. The molecule has 2 aromatic heterocycles. The first-order valence-electron chi connectivity index (χ1n) is 7.48. The molecule has 0 saturated heterocycles. The number of aromatic nitrogens is 3. The van der Waals surface area contributed by atoms with Crippen molar-refractivity contribution in [1.29, 1.82) is 0 Å². The minimum atomic E-state index is -0.126. The van der Waals surface area contributed by atoms with Crippen LogP contribution >= 0.6 is 0 Å².